The molecule has 168 valence electrons. The largest absolute Gasteiger partial charge is 0.493 e. The fourth-order valence-electron chi connectivity index (χ4n) is 2.57. The van der Waals surface area contributed by atoms with Crippen molar-refractivity contribution in [3.63, 3.8) is 0 Å². The fraction of sp³-hybridized carbons (Fsp3) is 0.300. The van der Waals surface area contributed by atoms with Gasteiger partial charge in [0.25, 0.3) is 0 Å². The van der Waals surface area contributed by atoms with Crippen LogP contribution in [0, 0.1) is 0 Å². The molecule has 3 N–H and O–H groups in total. The van der Waals surface area contributed by atoms with Crippen molar-refractivity contribution in [3.8, 4) is 23.0 Å². The molecule has 0 saturated heterocycles. The van der Waals surface area contributed by atoms with Crippen LogP contribution in [0.15, 0.2) is 36.4 Å². The Kier molecular flexibility index (Phi) is 8.82. The highest BCUT2D eigenvalue weighted by Gasteiger charge is 2.18. The highest BCUT2D eigenvalue weighted by Crippen LogP contribution is 2.40. The predicted molar refractivity (Wildman–Crippen MR) is 103 cm³/mol. The topological polar surface area (TPSA) is 124 Å². The molecule has 2 aromatic carbocycles. The second kappa shape index (κ2) is 11.6. The number of carbonyl (C=O) groups is 2. The number of carboxylic acids is 2. The lowest BCUT2D eigenvalue weighted by Gasteiger charge is -2.21. The minimum absolute atomic E-state index is 0.148. The van der Waals surface area contributed by atoms with Crippen LogP contribution in [-0.4, -0.2) is 49.1 Å². The number of rotatable bonds is 7. The first kappa shape index (κ1) is 23.7. The van der Waals surface area contributed by atoms with E-state index in [1.165, 1.54) is 12.1 Å². The van der Waals surface area contributed by atoms with E-state index in [4.69, 9.17) is 34.0 Å². The monoisotopic (exact) mass is 441 g/mol. The van der Waals surface area contributed by atoms with E-state index in [1.54, 1.807) is 19.2 Å². The van der Waals surface area contributed by atoms with Crippen LogP contribution in [0.1, 0.15) is 11.1 Å². The molecule has 1 aliphatic rings. The molecule has 0 fully saturated rings. The molecule has 9 nitrogen and oxygen atoms in total. The van der Waals surface area contributed by atoms with E-state index in [-0.39, 0.29) is 5.75 Å². The van der Waals surface area contributed by atoms with E-state index in [0.717, 1.165) is 11.1 Å². The van der Waals surface area contributed by atoms with Gasteiger partial charge in [0.05, 0.1) is 7.11 Å². The van der Waals surface area contributed by atoms with E-state index in [9.17, 15) is 8.78 Å². The summed E-state index contributed by atoms with van der Waals surface area (Å²) in [7, 11) is 1.59. The summed E-state index contributed by atoms with van der Waals surface area (Å²) >= 11 is 0. The molecule has 0 radical (unpaired) electrons. The molecule has 31 heavy (non-hydrogen) atoms. The van der Waals surface area contributed by atoms with Gasteiger partial charge in [0.15, 0.2) is 11.5 Å². The summed E-state index contributed by atoms with van der Waals surface area (Å²) in [5, 5.41) is 18.1. The minimum atomic E-state index is -2.81. The number of benzene rings is 2. The Labute approximate surface area is 176 Å². The summed E-state index contributed by atoms with van der Waals surface area (Å²) in [4.78, 5) is 18.2. The molecule has 2 aromatic rings. The van der Waals surface area contributed by atoms with Crippen LogP contribution in [0.2, 0.25) is 0 Å². The van der Waals surface area contributed by atoms with Crippen LogP contribution in [0.4, 0.5) is 8.78 Å². The van der Waals surface area contributed by atoms with Gasteiger partial charge in [-0.25, -0.2) is 9.59 Å². The van der Waals surface area contributed by atoms with Crippen LogP contribution in [0.5, 0.6) is 23.0 Å². The zero-order valence-electron chi connectivity index (χ0n) is 16.5. The molecule has 1 heterocycles. The summed E-state index contributed by atoms with van der Waals surface area (Å²) < 4.78 is 45.1. The second-order valence-corrected chi connectivity index (χ2v) is 6.06. The van der Waals surface area contributed by atoms with Crippen LogP contribution in [-0.2, 0) is 22.7 Å². The quantitative estimate of drug-likeness (QED) is 0.556. The molecule has 11 heteroatoms. The highest BCUT2D eigenvalue weighted by molar-refractivity contribution is 6.27. The lowest BCUT2D eigenvalue weighted by Crippen LogP contribution is -2.17. The minimum Gasteiger partial charge on any atom is -0.493 e. The molecule has 0 unspecified atom stereocenters. The van der Waals surface area contributed by atoms with Gasteiger partial charge in [-0.2, -0.15) is 8.78 Å². The van der Waals surface area contributed by atoms with Gasteiger partial charge >= 0.3 is 18.6 Å². The first-order chi connectivity index (χ1) is 14.8. The van der Waals surface area contributed by atoms with Gasteiger partial charge < -0.3 is 34.5 Å². The van der Waals surface area contributed by atoms with Crippen molar-refractivity contribution < 1.29 is 47.5 Å². The van der Waals surface area contributed by atoms with Gasteiger partial charge in [0, 0.05) is 13.1 Å². The molecule has 0 bridgehead atoms. The van der Waals surface area contributed by atoms with Crippen molar-refractivity contribution in [1.29, 1.82) is 0 Å². The number of nitrogens with one attached hydrogen (secondary N) is 1. The molecule has 3 rings (SSSR count). The average Bonchev–Trinajstić information content (AvgIpc) is 2.74. The lowest BCUT2D eigenvalue weighted by molar-refractivity contribution is -0.159. The maximum atomic E-state index is 12.1. The standard InChI is InChI=1S/C18H19F2NO4.C2H2O4/c1-22-15-8-13(9-16-17(15)24-7-6-23-16)11-21-10-12-2-4-14(5-3-12)25-18(19)20;3-1(4)2(5)6/h2-5,8-9,18,21H,6-7,10-11H2,1H3;(H,3,4)(H,5,6). The van der Waals surface area contributed by atoms with E-state index < -0.39 is 18.6 Å². The normalized spacial score (nSPS) is 11.9. The first-order valence-electron chi connectivity index (χ1n) is 8.97. The van der Waals surface area contributed by atoms with E-state index >= 15 is 0 Å². The Morgan fingerprint density at radius 2 is 1.65 bits per heavy atom. The maximum absolute atomic E-state index is 12.1. The zero-order chi connectivity index (χ0) is 22.8. The summed E-state index contributed by atoms with van der Waals surface area (Å²) in [5.74, 6) is -1.55. The number of fused-ring (bicyclic) bond motifs is 1. The van der Waals surface area contributed by atoms with Crippen molar-refractivity contribution in [2.75, 3.05) is 20.3 Å². The molecule has 1 aliphatic heterocycles. The Balaban J connectivity index is 0.000000501. The maximum Gasteiger partial charge on any atom is 0.414 e. The molecule has 0 spiro atoms. The smallest absolute Gasteiger partial charge is 0.414 e. The number of methoxy groups -OCH3 is 1. The Morgan fingerprint density at radius 1 is 1.03 bits per heavy atom. The number of ether oxygens (including phenoxy) is 4. The third-order valence-corrected chi connectivity index (χ3v) is 3.88. The van der Waals surface area contributed by atoms with Gasteiger partial charge in [0.1, 0.15) is 19.0 Å². The van der Waals surface area contributed by atoms with Crippen molar-refractivity contribution in [2.45, 2.75) is 19.7 Å². The molecule has 0 amide bonds. The molecule has 0 saturated carbocycles. The average molecular weight is 441 g/mol. The Bertz CT molecular complexity index is 860. The van der Waals surface area contributed by atoms with Gasteiger partial charge in [-0.3, -0.25) is 0 Å². The van der Waals surface area contributed by atoms with Gasteiger partial charge in [-0.1, -0.05) is 12.1 Å². The van der Waals surface area contributed by atoms with Crippen LogP contribution >= 0.6 is 0 Å². The van der Waals surface area contributed by atoms with Gasteiger partial charge in [-0.15, -0.1) is 0 Å². The van der Waals surface area contributed by atoms with E-state index in [1.807, 2.05) is 12.1 Å². The number of carboxylic acid groups (broad SMARTS) is 2. The van der Waals surface area contributed by atoms with E-state index in [0.29, 0.717) is 43.6 Å². The van der Waals surface area contributed by atoms with E-state index in [2.05, 4.69) is 10.1 Å². The van der Waals surface area contributed by atoms with Crippen molar-refractivity contribution in [2.24, 2.45) is 0 Å². The van der Waals surface area contributed by atoms with Crippen molar-refractivity contribution in [3.05, 3.63) is 47.5 Å². The third kappa shape index (κ3) is 7.63. The summed E-state index contributed by atoms with van der Waals surface area (Å²) in [6.07, 6.45) is 0. The predicted octanol–water partition coefficient (Wildman–Crippen LogP) is 2.51. The zero-order valence-corrected chi connectivity index (χ0v) is 16.5. The number of alkyl halides is 2. The number of hydrogen-bond donors (Lipinski definition) is 3. The van der Waals surface area contributed by atoms with Gasteiger partial charge in [-0.05, 0) is 35.4 Å². The SMILES string of the molecule is COc1cc(CNCc2ccc(OC(F)F)cc2)cc2c1OCCO2.O=C(O)C(=O)O. The highest BCUT2D eigenvalue weighted by atomic mass is 19.3. The van der Waals surface area contributed by atoms with Crippen LogP contribution < -0.4 is 24.3 Å². The first-order valence-corrected chi connectivity index (χ1v) is 8.97. The second-order valence-electron chi connectivity index (χ2n) is 6.06. The lowest BCUT2D eigenvalue weighted by atomic mass is 10.1. The summed E-state index contributed by atoms with van der Waals surface area (Å²) in [6, 6.07) is 10.4. The van der Waals surface area contributed by atoms with Crippen LogP contribution in [0.25, 0.3) is 0 Å². The van der Waals surface area contributed by atoms with Crippen LogP contribution in [0.3, 0.4) is 0 Å². The molecule has 0 aromatic heterocycles. The molecular weight excluding hydrogens is 420 g/mol. The van der Waals surface area contributed by atoms with Crippen molar-refractivity contribution in [1.82, 2.24) is 5.32 Å². The number of hydrogen-bond acceptors (Lipinski definition) is 7. The van der Waals surface area contributed by atoms with Crippen molar-refractivity contribution >= 4 is 11.9 Å². The molecule has 0 atom stereocenters. The van der Waals surface area contributed by atoms with Gasteiger partial charge in [0.2, 0.25) is 5.75 Å². The number of halogens is 2. The summed E-state index contributed by atoms with van der Waals surface area (Å²) in [5.41, 5.74) is 1.96. The molecular formula is C20H21F2NO8. The molecule has 0 aliphatic carbocycles. The Hall–Kier alpha value is -3.60. The number of aliphatic carboxylic acids is 2. The third-order valence-electron chi connectivity index (χ3n) is 3.88. The fourth-order valence-corrected chi connectivity index (χ4v) is 2.57. The Morgan fingerprint density at radius 3 is 2.23 bits per heavy atom. The summed E-state index contributed by atoms with van der Waals surface area (Å²) in [6.45, 7) is -0.602.